The lowest BCUT2D eigenvalue weighted by atomic mass is 9.73. The molecule has 1 N–H and O–H groups in total. The number of hydrogen-bond donors (Lipinski definition) is 1. The molecule has 2 saturated heterocycles. The van der Waals surface area contributed by atoms with Crippen LogP contribution in [0.25, 0.3) is 0 Å². The van der Waals surface area contributed by atoms with Crippen molar-refractivity contribution in [1.82, 2.24) is 0 Å². The summed E-state index contributed by atoms with van der Waals surface area (Å²) in [6.07, 6.45) is 3.40. The van der Waals surface area contributed by atoms with Crippen molar-refractivity contribution in [1.29, 1.82) is 0 Å². The lowest BCUT2D eigenvalue weighted by Crippen LogP contribution is -2.24. The topological polar surface area (TPSA) is 47.9 Å². The van der Waals surface area contributed by atoms with E-state index in [0.29, 0.717) is 0 Å². The standard InChI is InChI=1S/C7H15BO2P.C6H13BO2P.CH4/c1-8-7-3-5(9-2)6(4-11)10-7;1-7-6-2-4(8)5(3-10)9-6;/h5-7H,3-4,11H2,1-2H3;4-6,8H,2-3,10H2,1H3;1H4/t5-,6-,7-;4-,5-,6-;/m11./s1/i2T;;. The van der Waals surface area contributed by atoms with Crippen LogP contribution in [0.4, 0.5) is 0 Å². The molecule has 0 aromatic heterocycles. The van der Waals surface area contributed by atoms with Gasteiger partial charge in [-0.15, -0.1) is 18.5 Å². The van der Waals surface area contributed by atoms with Gasteiger partial charge in [-0.05, 0) is 25.2 Å². The van der Waals surface area contributed by atoms with Crippen molar-refractivity contribution >= 4 is 33.0 Å². The predicted octanol–water partition coefficient (Wildman–Crippen LogP) is 1.47. The van der Waals surface area contributed by atoms with Crippen LogP contribution in [-0.4, -0.2) is 75.5 Å². The highest BCUT2D eigenvalue weighted by atomic mass is 31.0. The molecule has 4 nitrogen and oxygen atoms in total. The molecule has 128 valence electrons. The van der Waals surface area contributed by atoms with E-state index in [-0.39, 0.29) is 50.9 Å². The van der Waals surface area contributed by atoms with E-state index < -0.39 is 0 Å². The SMILES string of the molecule is C.C[B][C@H]1C[C@@H](O)[C@@H](CP)O1.[3H]CO[C@@H]1C[C@H]([B]C)O[C@@H]1CP. The molecule has 2 rings (SSSR count). The summed E-state index contributed by atoms with van der Waals surface area (Å²) in [5.41, 5.74) is 0. The summed E-state index contributed by atoms with van der Waals surface area (Å²) >= 11 is 0. The Morgan fingerprint density at radius 1 is 1.14 bits per heavy atom. The summed E-state index contributed by atoms with van der Waals surface area (Å²) < 4.78 is 23.3. The van der Waals surface area contributed by atoms with Crippen molar-refractivity contribution in [3.8, 4) is 0 Å². The second-order valence-electron chi connectivity index (χ2n) is 5.31. The quantitative estimate of drug-likeness (QED) is 0.603. The Hall–Kier alpha value is 0.830. The third-order valence-corrected chi connectivity index (χ3v) is 4.83. The fourth-order valence-corrected chi connectivity index (χ4v) is 3.37. The molecule has 8 heteroatoms. The Kier molecular flexibility index (Phi) is 11.6. The zero-order valence-electron chi connectivity index (χ0n) is 14.0. The van der Waals surface area contributed by atoms with Gasteiger partial charge in [0.25, 0.3) is 0 Å². The van der Waals surface area contributed by atoms with Gasteiger partial charge in [0.05, 0.1) is 25.8 Å². The zero-order valence-corrected chi connectivity index (χ0v) is 15.3. The van der Waals surface area contributed by atoms with Gasteiger partial charge in [-0.25, -0.2) is 0 Å². The van der Waals surface area contributed by atoms with E-state index in [0.717, 1.165) is 25.2 Å². The summed E-state index contributed by atoms with van der Waals surface area (Å²) in [7, 11) is 9.30. The van der Waals surface area contributed by atoms with Crippen LogP contribution in [0.1, 0.15) is 21.6 Å². The molecule has 0 aliphatic carbocycles. The second-order valence-corrected chi connectivity index (χ2v) is 6.25. The fraction of sp³-hybridized carbons (Fsp3) is 1.00. The van der Waals surface area contributed by atoms with Gasteiger partial charge in [-0.3, -0.25) is 0 Å². The van der Waals surface area contributed by atoms with Gasteiger partial charge in [0.2, 0.25) is 0 Å². The first kappa shape index (κ1) is 20.9. The Bertz CT molecular complexity index is 308. The van der Waals surface area contributed by atoms with Crippen LogP contribution in [-0.2, 0) is 14.2 Å². The molecule has 2 unspecified atom stereocenters. The van der Waals surface area contributed by atoms with Crippen LogP contribution in [0.5, 0.6) is 0 Å². The van der Waals surface area contributed by atoms with Crippen molar-refractivity contribution in [2.75, 3.05) is 19.4 Å². The number of ether oxygens (including phenoxy) is 3. The maximum absolute atomic E-state index is 9.33. The summed E-state index contributed by atoms with van der Waals surface area (Å²) in [5, 5.41) is 9.33. The minimum atomic E-state index is -0.265. The van der Waals surface area contributed by atoms with E-state index >= 15 is 0 Å². The summed E-state index contributed by atoms with van der Waals surface area (Å²) in [5.74, 6) is 0. The van der Waals surface area contributed by atoms with E-state index in [1.807, 2.05) is 28.2 Å². The third kappa shape index (κ3) is 6.75. The maximum Gasteiger partial charge on any atom is 0.146 e. The van der Waals surface area contributed by atoms with E-state index in [2.05, 4.69) is 18.5 Å². The van der Waals surface area contributed by atoms with Crippen LogP contribution in [0.3, 0.4) is 0 Å². The molecule has 0 bridgehead atoms. The lowest BCUT2D eigenvalue weighted by molar-refractivity contribution is 0.0232. The van der Waals surface area contributed by atoms with Crippen LogP contribution >= 0.6 is 18.5 Å². The number of hydrogen-bond acceptors (Lipinski definition) is 4. The first-order valence-electron chi connectivity index (χ1n) is 8.19. The smallest absolute Gasteiger partial charge is 0.146 e. The summed E-state index contributed by atoms with van der Waals surface area (Å²) in [6, 6.07) is 0.382. The highest BCUT2D eigenvalue weighted by molar-refractivity contribution is 7.16. The number of aliphatic hydroxyl groups is 1. The van der Waals surface area contributed by atoms with E-state index in [1.165, 1.54) is 0 Å². The molecule has 2 fully saturated rings. The minimum absolute atomic E-state index is 0. The zero-order chi connectivity index (χ0) is 16.5. The average Bonchev–Trinajstić information content (AvgIpc) is 3.10. The van der Waals surface area contributed by atoms with Gasteiger partial charge >= 0.3 is 0 Å². The molecule has 0 amide bonds. The molecule has 8 atom stereocenters. The monoisotopic (exact) mass is 350 g/mol. The molecule has 22 heavy (non-hydrogen) atoms. The largest absolute Gasteiger partial charge is 0.390 e. The van der Waals surface area contributed by atoms with E-state index in [9.17, 15) is 5.11 Å². The summed E-state index contributed by atoms with van der Waals surface area (Å²) in [6.45, 7) is 3.95. The Balaban J connectivity index is 0.000000409. The predicted molar refractivity (Wildman–Crippen MR) is 102 cm³/mol. The Labute approximate surface area is 144 Å². The summed E-state index contributed by atoms with van der Waals surface area (Å²) in [4.78, 5) is 0. The van der Waals surface area contributed by atoms with Gasteiger partial charge in [0.15, 0.2) is 0 Å². The first-order valence-corrected chi connectivity index (χ1v) is 9.11. The van der Waals surface area contributed by atoms with Crippen LogP contribution in [0.2, 0.25) is 13.6 Å². The van der Waals surface area contributed by atoms with Crippen molar-refractivity contribution in [3.63, 3.8) is 0 Å². The van der Waals surface area contributed by atoms with Gasteiger partial charge in [-0.1, -0.05) is 21.1 Å². The number of methoxy groups -OCH3 is 1. The van der Waals surface area contributed by atoms with Gasteiger partial charge in [0, 0.05) is 19.1 Å². The third-order valence-electron chi connectivity index (χ3n) is 3.90. The maximum atomic E-state index is 9.33. The lowest BCUT2D eigenvalue weighted by Gasteiger charge is -2.14. The molecule has 0 spiro atoms. The van der Waals surface area contributed by atoms with Crippen molar-refractivity contribution < 1.29 is 20.7 Å². The van der Waals surface area contributed by atoms with Crippen molar-refractivity contribution in [2.45, 2.75) is 70.3 Å². The highest BCUT2D eigenvalue weighted by Gasteiger charge is 2.33. The number of rotatable bonds is 5. The van der Waals surface area contributed by atoms with Crippen LogP contribution in [0, 0.1) is 0 Å². The number of aliphatic hydroxyl groups excluding tert-OH is 1. The molecule has 2 heterocycles. The van der Waals surface area contributed by atoms with Crippen LogP contribution in [0.15, 0.2) is 0 Å². The van der Waals surface area contributed by atoms with Gasteiger partial charge in [0.1, 0.15) is 14.6 Å². The first-order chi connectivity index (χ1) is 10.6. The Morgan fingerprint density at radius 2 is 1.68 bits per heavy atom. The average molecular weight is 350 g/mol. The Morgan fingerprint density at radius 3 is 2.09 bits per heavy atom. The minimum Gasteiger partial charge on any atom is -0.390 e. The molecule has 0 aromatic rings. The molecule has 2 radical (unpaired) electrons. The normalized spacial score (nSPS) is 37.6. The molecule has 2 aliphatic rings. The van der Waals surface area contributed by atoms with Crippen molar-refractivity contribution in [2.24, 2.45) is 0 Å². The van der Waals surface area contributed by atoms with Gasteiger partial charge < -0.3 is 19.3 Å². The highest BCUT2D eigenvalue weighted by Crippen LogP contribution is 2.23. The fourth-order valence-electron chi connectivity index (χ4n) is 2.53. The molecular formula is C14H32B2O4P2. The van der Waals surface area contributed by atoms with Crippen LogP contribution < -0.4 is 0 Å². The molecular weight excluding hydrogens is 316 g/mol. The van der Waals surface area contributed by atoms with E-state index in [1.54, 1.807) is 0 Å². The van der Waals surface area contributed by atoms with Gasteiger partial charge in [-0.2, -0.15) is 0 Å². The van der Waals surface area contributed by atoms with Crippen molar-refractivity contribution in [3.05, 3.63) is 0 Å². The molecule has 0 aromatic carbocycles. The molecule has 2 aliphatic heterocycles. The van der Waals surface area contributed by atoms with E-state index in [4.69, 9.17) is 15.6 Å². The molecule has 0 saturated carbocycles. The second kappa shape index (κ2) is 12.2.